The summed E-state index contributed by atoms with van der Waals surface area (Å²) in [5.74, 6) is -0.968. The van der Waals surface area contributed by atoms with Gasteiger partial charge in [0.1, 0.15) is 5.78 Å². The number of rotatable bonds is 6. The first-order valence-electron chi connectivity index (χ1n) is 3.61. The van der Waals surface area contributed by atoms with Gasteiger partial charge in [-0.3, -0.25) is 9.59 Å². The molecule has 0 saturated carbocycles. The molecule has 2 N–H and O–H groups in total. The van der Waals surface area contributed by atoms with Gasteiger partial charge in [0.2, 0.25) is 0 Å². The van der Waals surface area contributed by atoms with E-state index in [1.807, 2.05) is 6.92 Å². The van der Waals surface area contributed by atoms with Crippen molar-refractivity contribution in [3.63, 3.8) is 0 Å². The van der Waals surface area contributed by atoms with Crippen LogP contribution in [0.15, 0.2) is 0 Å². The Morgan fingerprint density at radius 2 is 2.00 bits per heavy atom. The predicted molar refractivity (Wildman–Crippen MR) is 40.4 cm³/mol. The van der Waals surface area contributed by atoms with Crippen molar-refractivity contribution in [1.29, 1.82) is 0 Å². The lowest BCUT2D eigenvalue weighted by Crippen LogP contribution is -2.22. The van der Waals surface area contributed by atoms with Crippen LogP contribution in [-0.4, -0.2) is 29.9 Å². The van der Waals surface area contributed by atoms with Crippen molar-refractivity contribution in [3.05, 3.63) is 0 Å². The van der Waals surface area contributed by atoms with Crippen LogP contribution >= 0.6 is 0 Å². The monoisotopic (exact) mass is 159 g/mol. The minimum absolute atomic E-state index is 0.0470. The van der Waals surface area contributed by atoms with Gasteiger partial charge in [0.15, 0.2) is 0 Å². The van der Waals surface area contributed by atoms with E-state index in [9.17, 15) is 9.59 Å². The van der Waals surface area contributed by atoms with E-state index in [0.717, 1.165) is 6.54 Å². The summed E-state index contributed by atoms with van der Waals surface area (Å²) in [6, 6.07) is 0. The summed E-state index contributed by atoms with van der Waals surface area (Å²) in [5.41, 5.74) is 0. The third kappa shape index (κ3) is 6.99. The van der Waals surface area contributed by atoms with Crippen molar-refractivity contribution < 1.29 is 14.7 Å². The van der Waals surface area contributed by atoms with Crippen LogP contribution in [0, 0.1) is 0 Å². The largest absolute Gasteiger partial charge is 0.481 e. The molecule has 0 aromatic heterocycles. The normalized spacial score (nSPS) is 9.55. The van der Waals surface area contributed by atoms with Gasteiger partial charge in [0.05, 0.1) is 13.0 Å². The van der Waals surface area contributed by atoms with Gasteiger partial charge in [-0.25, -0.2) is 0 Å². The average molecular weight is 159 g/mol. The number of hydrogen-bond acceptors (Lipinski definition) is 3. The van der Waals surface area contributed by atoms with E-state index in [0.29, 0.717) is 0 Å². The molecular formula is C7H13NO3. The van der Waals surface area contributed by atoms with Crippen molar-refractivity contribution in [1.82, 2.24) is 5.32 Å². The van der Waals surface area contributed by atoms with E-state index in [-0.39, 0.29) is 25.2 Å². The zero-order valence-corrected chi connectivity index (χ0v) is 6.59. The Morgan fingerprint density at radius 3 is 2.45 bits per heavy atom. The van der Waals surface area contributed by atoms with Gasteiger partial charge in [-0.2, -0.15) is 0 Å². The summed E-state index contributed by atoms with van der Waals surface area (Å²) in [6.45, 7) is 2.91. The maximum absolute atomic E-state index is 10.8. The Hall–Kier alpha value is -0.900. The molecule has 64 valence electrons. The lowest BCUT2D eigenvalue weighted by Gasteiger charge is -1.97. The first-order chi connectivity index (χ1) is 5.16. The maximum Gasteiger partial charge on any atom is 0.303 e. The molecule has 0 radical (unpaired) electrons. The number of carbonyl (C=O) groups excluding carboxylic acids is 1. The van der Waals surface area contributed by atoms with Crippen molar-refractivity contribution in [2.75, 3.05) is 13.1 Å². The molecule has 0 aliphatic heterocycles. The first-order valence-corrected chi connectivity index (χ1v) is 3.61. The Balaban J connectivity index is 3.30. The molecule has 0 bridgehead atoms. The third-order valence-electron chi connectivity index (χ3n) is 1.19. The number of aliphatic carboxylic acids is 1. The van der Waals surface area contributed by atoms with E-state index in [2.05, 4.69) is 5.32 Å². The molecule has 0 fully saturated rings. The van der Waals surface area contributed by atoms with E-state index in [1.54, 1.807) is 0 Å². The van der Waals surface area contributed by atoms with Crippen LogP contribution in [0.5, 0.6) is 0 Å². The fourth-order valence-corrected chi connectivity index (χ4v) is 0.599. The molecule has 0 spiro atoms. The molecule has 11 heavy (non-hydrogen) atoms. The molecule has 0 unspecified atom stereocenters. The number of ketones is 1. The highest BCUT2D eigenvalue weighted by Gasteiger charge is 2.03. The number of nitrogens with one attached hydrogen (secondary N) is 1. The smallest absolute Gasteiger partial charge is 0.303 e. The van der Waals surface area contributed by atoms with Gasteiger partial charge in [0, 0.05) is 6.42 Å². The third-order valence-corrected chi connectivity index (χ3v) is 1.19. The molecule has 0 rings (SSSR count). The van der Waals surface area contributed by atoms with Crippen LogP contribution in [0.4, 0.5) is 0 Å². The Morgan fingerprint density at radius 1 is 1.36 bits per heavy atom. The van der Waals surface area contributed by atoms with E-state index in [4.69, 9.17) is 5.11 Å². The minimum Gasteiger partial charge on any atom is -0.481 e. The summed E-state index contributed by atoms with van der Waals surface area (Å²) in [5, 5.41) is 11.0. The fraction of sp³-hybridized carbons (Fsp3) is 0.714. The number of hydrogen-bond donors (Lipinski definition) is 2. The molecule has 0 atom stereocenters. The summed E-state index contributed by atoms with van der Waals surface area (Å²) in [4.78, 5) is 20.8. The topological polar surface area (TPSA) is 66.4 Å². The second kappa shape index (κ2) is 5.85. The Kier molecular flexibility index (Phi) is 5.37. The molecule has 4 heteroatoms. The standard InChI is InChI=1S/C7H13NO3/c1-2-8-5-6(9)3-4-7(10)11/h8H,2-5H2,1H3,(H,10,11). The van der Waals surface area contributed by atoms with Crippen LogP contribution < -0.4 is 5.32 Å². The number of carboxylic acids is 1. The van der Waals surface area contributed by atoms with Gasteiger partial charge < -0.3 is 10.4 Å². The predicted octanol–water partition coefficient (Wildman–Crippen LogP) is 0.0298. The fourth-order valence-electron chi connectivity index (χ4n) is 0.599. The van der Waals surface area contributed by atoms with Crippen molar-refractivity contribution in [3.8, 4) is 0 Å². The molecule has 0 saturated heterocycles. The average Bonchev–Trinajstić information content (AvgIpc) is 1.97. The second-order valence-corrected chi connectivity index (χ2v) is 2.21. The van der Waals surface area contributed by atoms with Crippen LogP contribution in [0.2, 0.25) is 0 Å². The van der Waals surface area contributed by atoms with Gasteiger partial charge >= 0.3 is 5.97 Å². The second-order valence-electron chi connectivity index (χ2n) is 2.21. The van der Waals surface area contributed by atoms with Crippen molar-refractivity contribution in [2.45, 2.75) is 19.8 Å². The SMILES string of the molecule is CCNCC(=O)CCC(=O)O. The lowest BCUT2D eigenvalue weighted by molar-refractivity contribution is -0.138. The van der Waals surface area contributed by atoms with Crippen LogP contribution in [-0.2, 0) is 9.59 Å². The Bertz CT molecular complexity index is 145. The van der Waals surface area contributed by atoms with E-state index >= 15 is 0 Å². The molecule has 0 aromatic rings. The van der Waals surface area contributed by atoms with E-state index < -0.39 is 5.97 Å². The summed E-state index contributed by atoms with van der Waals surface area (Å²) in [6.07, 6.45) is 0.0621. The zero-order valence-electron chi connectivity index (χ0n) is 6.59. The molecule has 0 aliphatic carbocycles. The highest BCUT2D eigenvalue weighted by Crippen LogP contribution is 1.89. The quantitative estimate of drug-likeness (QED) is 0.573. The highest BCUT2D eigenvalue weighted by molar-refractivity contribution is 5.83. The highest BCUT2D eigenvalue weighted by atomic mass is 16.4. The number of likely N-dealkylation sites (N-methyl/N-ethyl adjacent to an activating group) is 1. The molecular weight excluding hydrogens is 146 g/mol. The minimum atomic E-state index is -0.921. The molecule has 0 amide bonds. The van der Waals surface area contributed by atoms with E-state index in [1.165, 1.54) is 0 Å². The molecule has 0 heterocycles. The van der Waals surface area contributed by atoms with Crippen molar-refractivity contribution >= 4 is 11.8 Å². The zero-order chi connectivity index (χ0) is 8.69. The molecule has 4 nitrogen and oxygen atoms in total. The Labute approximate surface area is 65.6 Å². The summed E-state index contributed by atoms with van der Waals surface area (Å²) < 4.78 is 0. The maximum atomic E-state index is 10.8. The summed E-state index contributed by atoms with van der Waals surface area (Å²) >= 11 is 0. The van der Waals surface area contributed by atoms with Crippen LogP contribution in [0.1, 0.15) is 19.8 Å². The number of Topliss-reactive ketones (excluding diaryl/α,β-unsaturated/α-hetero) is 1. The summed E-state index contributed by atoms with van der Waals surface area (Å²) in [7, 11) is 0. The van der Waals surface area contributed by atoms with Gasteiger partial charge in [-0.1, -0.05) is 6.92 Å². The van der Waals surface area contributed by atoms with Crippen molar-refractivity contribution in [2.24, 2.45) is 0 Å². The van der Waals surface area contributed by atoms with Crippen LogP contribution in [0.25, 0.3) is 0 Å². The van der Waals surface area contributed by atoms with Gasteiger partial charge in [0.25, 0.3) is 0 Å². The van der Waals surface area contributed by atoms with Crippen LogP contribution in [0.3, 0.4) is 0 Å². The molecule has 0 aromatic carbocycles. The first kappa shape index (κ1) is 10.1. The van der Waals surface area contributed by atoms with Gasteiger partial charge in [-0.15, -0.1) is 0 Å². The number of carbonyl (C=O) groups is 2. The molecule has 0 aliphatic rings. The number of carboxylic acid groups (broad SMARTS) is 1. The lowest BCUT2D eigenvalue weighted by atomic mass is 10.2. The van der Waals surface area contributed by atoms with Gasteiger partial charge in [-0.05, 0) is 6.54 Å².